The number of benzene rings is 1. The van der Waals surface area contributed by atoms with Crippen molar-refractivity contribution in [2.45, 2.75) is 19.9 Å². The van der Waals surface area contributed by atoms with E-state index >= 15 is 0 Å². The summed E-state index contributed by atoms with van der Waals surface area (Å²) in [6, 6.07) is 9.00. The molecule has 0 spiro atoms. The largest absolute Gasteiger partial charge is 0.469 e. The molecule has 2 rings (SSSR count). The molecule has 0 saturated heterocycles. The number of hydrogen-bond donors (Lipinski definition) is 1. The van der Waals surface area contributed by atoms with Gasteiger partial charge in [0.15, 0.2) is 0 Å². The van der Waals surface area contributed by atoms with Gasteiger partial charge in [-0.3, -0.25) is 4.79 Å². The lowest BCUT2D eigenvalue weighted by molar-refractivity contribution is 0.0938. The lowest BCUT2D eigenvalue weighted by Gasteiger charge is -2.14. The van der Waals surface area contributed by atoms with Crippen LogP contribution in [0.5, 0.6) is 0 Å². The zero-order valence-corrected chi connectivity index (χ0v) is 11.0. The number of carbonyl (C=O) groups excluding carboxylic acids is 1. The van der Waals surface area contributed by atoms with Gasteiger partial charge in [0.1, 0.15) is 5.76 Å². The summed E-state index contributed by atoms with van der Waals surface area (Å²) in [6.07, 6.45) is 1.51. The number of rotatable bonds is 3. The molecule has 94 valence electrons. The Morgan fingerprint density at radius 1 is 1.28 bits per heavy atom. The molecule has 3 nitrogen and oxygen atoms in total. The Morgan fingerprint density at radius 2 is 1.94 bits per heavy atom. The fraction of sp³-hybridized carbons (Fsp3) is 0.214. The predicted octanol–water partition coefficient (Wildman–Crippen LogP) is 3.73. The molecule has 1 atom stereocenters. The maximum atomic E-state index is 12.0. The van der Waals surface area contributed by atoms with Gasteiger partial charge < -0.3 is 9.73 Å². The van der Waals surface area contributed by atoms with Crippen LogP contribution >= 0.6 is 11.6 Å². The zero-order valence-electron chi connectivity index (χ0n) is 10.2. The summed E-state index contributed by atoms with van der Waals surface area (Å²) in [5, 5.41) is 3.60. The van der Waals surface area contributed by atoms with Crippen LogP contribution in [0, 0.1) is 6.92 Å². The number of hydrogen-bond acceptors (Lipinski definition) is 2. The normalized spacial score (nSPS) is 12.2. The highest BCUT2D eigenvalue weighted by molar-refractivity contribution is 6.30. The van der Waals surface area contributed by atoms with Gasteiger partial charge in [0.2, 0.25) is 0 Å². The van der Waals surface area contributed by atoms with Crippen LogP contribution < -0.4 is 5.32 Å². The van der Waals surface area contributed by atoms with E-state index < -0.39 is 0 Å². The second-order valence-electron chi connectivity index (χ2n) is 4.14. The Kier molecular flexibility index (Phi) is 3.72. The van der Waals surface area contributed by atoms with E-state index in [0.29, 0.717) is 16.3 Å². The van der Waals surface area contributed by atoms with E-state index in [4.69, 9.17) is 16.0 Å². The summed E-state index contributed by atoms with van der Waals surface area (Å²) in [5.41, 5.74) is 1.57. The van der Waals surface area contributed by atoms with E-state index in [1.165, 1.54) is 6.26 Å². The second-order valence-corrected chi connectivity index (χ2v) is 4.57. The van der Waals surface area contributed by atoms with Crippen LogP contribution in [0.1, 0.15) is 34.6 Å². The highest BCUT2D eigenvalue weighted by Gasteiger charge is 2.14. The summed E-state index contributed by atoms with van der Waals surface area (Å²) in [4.78, 5) is 12.0. The van der Waals surface area contributed by atoms with E-state index in [1.54, 1.807) is 13.0 Å². The number of nitrogens with one attached hydrogen (secondary N) is 1. The molecule has 1 heterocycles. The lowest BCUT2D eigenvalue weighted by atomic mass is 10.1. The standard InChI is InChI=1S/C14H14ClNO2/c1-9(11-3-5-12(15)6-4-11)16-14(17)13-7-8-18-10(13)2/h3-9H,1-2H3,(H,16,17)/t9-/m1/s1. The van der Waals surface area contributed by atoms with Gasteiger partial charge in [-0.1, -0.05) is 23.7 Å². The van der Waals surface area contributed by atoms with Gasteiger partial charge in [-0.15, -0.1) is 0 Å². The van der Waals surface area contributed by atoms with Crippen LogP contribution in [0.25, 0.3) is 0 Å². The van der Waals surface area contributed by atoms with Gasteiger partial charge in [-0.25, -0.2) is 0 Å². The Morgan fingerprint density at radius 3 is 2.50 bits per heavy atom. The number of aryl methyl sites for hydroxylation is 1. The quantitative estimate of drug-likeness (QED) is 0.917. The maximum absolute atomic E-state index is 12.0. The summed E-state index contributed by atoms with van der Waals surface area (Å²) in [5.74, 6) is 0.486. The van der Waals surface area contributed by atoms with Gasteiger partial charge in [-0.2, -0.15) is 0 Å². The van der Waals surface area contributed by atoms with Crippen molar-refractivity contribution in [2.24, 2.45) is 0 Å². The van der Waals surface area contributed by atoms with Gasteiger partial charge in [0.25, 0.3) is 5.91 Å². The first-order valence-electron chi connectivity index (χ1n) is 5.68. The van der Waals surface area contributed by atoms with E-state index in [0.717, 1.165) is 5.56 Å². The third kappa shape index (κ3) is 2.74. The van der Waals surface area contributed by atoms with Crippen LogP contribution in [-0.4, -0.2) is 5.91 Å². The molecule has 1 amide bonds. The van der Waals surface area contributed by atoms with Crippen LogP contribution in [0.2, 0.25) is 5.02 Å². The smallest absolute Gasteiger partial charge is 0.255 e. The molecule has 1 aromatic carbocycles. The molecule has 0 saturated carbocycles. The first-order chi connectivity index (χ1) is 8.58. The molecule has 2 aromatic rings. The summed E-state index contributed by atoms with van der Waals surface area (Å²) in [7, 11) is 0. The Labute approximate surface area is 111 Å². The summed E-state index contributed by atoms with van der Waals surface area (Å²) >= 11 is 5.82. The molecule has 18 heavy (non-hydrogen) atoms. The Hall–Kier alpha value is -1.74. The molecule has 0 fully saturated rings. The SMILES string of the molecule is Cc1occc1C(=O)N[C@H](C)c1ccc(Cl)cc1. The first-order valence-corrected chi connectivity index (χ1v) is 6.06. The van der Waals surface area contributed by atoms with Crippen molar-refractivity contribution >= 4 is 17.5 Å². The number of amides is 1. The number of halogens is 1. The van der Waals surface area contributed by atoms with Crippen molar-refractivity contribution in [1.29, 1.82) is 0 Å². The maximum Gasteiger partial charge on any atom is 0.255 e. The highest BCUT2D eigenvalue weighted by Crippen LogP contribution is 2.17. The molecule has 1 N–H and O–H groups in total. The van der Waals surface area contributed by atoms with E-state index in [-0.39, 0.29) is 11.9 Å². The van der Waals surface area contributed by atoms with Gasteiger partial charge >= 0.3 is 0 Å². The molecule has 0 aliphatic carbocycles. The van der Waals surface area contributed by atoms with E-state index in [2.05, 4.69) is 5.32 Å². The van der Waals surface area contributed by atoms with Gasteiger partial charge in [0.05, 0.1) is 17.9 Å². The minimum absolute atomic E-state index is 0.0796. The molecule has 1 aromatic heterocycles. The van der Waals surface area contributed by atoms with Crippen molar-refractivity contribution in [3.05, 3.63) is 58.5 Å². The highest BCUT2D eigenvalue weighted by atomic mass is 35.5. The monoisotopic (exact) mass is 263 g/mol. The molecule has 0 aliphatic heterocycles. The number of furan rings is 1. The van der Waals surface area contributed by atoms with Crippen LogP contribution in [0.3, 0.4) is 0 Å². The van der Waals surface area contributed by atoms with Crippen molar-refractivity contribution < 1.29 is 9.21 Å². The Bertz CT molecular complexity index is 545. The molecule has 0 radical (unpaired) electrons. The van der Waals surface area contributed by atoms with Gasteiger partial charge in [-0.05, 0) is 37.6 Å². The molecular weight excluding hydrogens is 250 g/mol. The topological polar surface area (TPSA) is 42.2 Å². The van der Waals surface area contributed by atoms with E-state index in [1.807, 2.05) is 31.2 Å². The van der Waals surface area contributed by atoms with E-state index in [9.17, 15) is 4.79 Å². The zero-order chi connectivity index (χ0) is 13.1. The Balaban J connectivity index is 2.08. The molecular formula is C14H14ClNO2. The van der Waals surface area contributed by atoms with Crippen molar-refractivity contribution in [2.75, 3.05) is 0 Å². The number of carbonyl (C=O) groups is 1. The molecule has 0 bridgehead atoms. The van der Waals surface area contributed by atoms with Crippen LogP contribution in [-0.2, 0) is 0 Å². The first kappa shape index (κ1) is 12.7. The lowest BCUT2D eigenvalue weighted by Crippen LogP contribution is -2.26. The average Bonchev–Trinajstić information content (AvgIpc) is 2.76. The molecule has 0 aliphatic rings. The van der Waals surface area contributed by atoms with Crippen molar-refractivity contribution in [3.63, 3.8) is 0 Å². The van der Waals surface area contributed by atoms with Crippen molar-refractivity contribution in [1.82, 2.24) is 5.32 Å². The van der Waals surface area contributed by atoms with Crippen LogP contribution in [0.15, 0.2) is 41.0 Å². The minimum Gasteiger partial charge on any atom is -0.469 e. The third-order valence-corrected chi connectivity index (χ3v) is 3.07. The average molecular weight is 264 g/mol. The molecule has 4 heteroatoms. The fourth-order valence-electron chi connectivity index (χ4n) is 1.73. The molecule has 0 unspecified atom stereocenters. The third-order valence-electron chi connectivity index (χ3n) is 2.82. The fourth-order valence-corrected chi connectivity index (χ4v) is 1.86. The van der Waals surface area contributed by atoms with Crippen molar-refractivity contribution in [3.8, 4) is 0 Å². The summed E-state index contributed by atoms with van der Waals surface area (Å²) < 4.78 is 5.11. The summed E-state index contributed by atoms with van der Waals surface area (Å²) in [6.45, 7) is 3.69. The van der Waals surface area contributed by atoms with Gasteiger partial charge in [0, 0.05) is 5.02 Å². The minimum atomic E-state index is -0.135. The second kappa shape index (κ2) is 5.27. The predicted molar refractivity (Wildman–Crippen MR) is 70.8 cm³/mol. The van der Waals surface area contributed by atoms with Crippen LogP contribution in [0.4, 0.5) is 0 Å².